The first kappa shape index (κ1) is 41.2. The number of rotatable bonds is 11. The summed E-state index contributed by atoms with van der Waals surface area (Å²) in [5, 5.41) is 29.9. The Hall–Kier alpha value is -8.49. The number of H-pyrrole nitrogens is 3. The molecule has 0 bridgehead atoms. The summed E-state index contributed by atoms with van der Waals surface area (Å²) in [6.45, 7) is 5.80. The predicted octanol–water partition coefficient (Wildman–Crippen LogP) is 5.11. The van der Waals surface area contributed by atoms with Gasteiger partial charge in [-0.25, -0.2) is 14.4 Å². The van der Waals surface area contributed by atoms with E-state index in [0.29, 0.717) is 0 Å². The number of aromatic nitrogens is 3. The molecule has 0 amide bonds. The number of aromatic amines is 3. The number of ether oxygens (including phenoxy) is 6. The van der Waals surface area contributed by atoms with E-state index in [1.807, 2.05) is 0 Å². The SMILES string of the molecule is CC(=O)Oc1cc2[nH]c(C(=O)O)cc2c(-c2c(OC(C)=O)c(OC(C)=O)c(-c3c(OC(C)=O)c(OC(C)=O)cc4cc(C(=O)O)[nH]c34)c3[nH]c(C(=O)O)cc23)c1OC(C)=O. The Kier molecular flexibility index (Phi) is 10.6. The fourth-order valence-corrected chi connectivity index (χ4v) is 6.53. The van der Waals surface area contributed by atoms with Crippen LogP contribution in [-0.4, -0.2) is 84.0 Å². The van der Waals surface area contributed by atoms with Gasteiger partial charge in [0.25, 0.3) is 0 Å². The fraction of sp³-hybridized carbons (Fsp3) is 0.154. The first-order chi connectivity index (χ1) is 28.2. The molecule has 0 aliphatic heterocycles. The van der Waals surface area contributed by atoms with Gasteiger partial charge < -0.3 is 58.7 Å². The van der Waals surface area contributed by atoms with Gasteiger partial charge in [-0.3, -0.25) is 28.8 Å². The maximum Gasteiger partial charge on any atom is 0.352 e. The van der Waals surface area contributed by atoms with Crippen molar-refractivity contribution in [3.63, 3.8) is 0 Å². The molecular weight excluding hydrogens is 798 g/mol. The Balaban J connectivity index is 2.01. The van der Waals surface area contributed by atoms with Crippen LogP contribution in [0.4, 0.5) is 0 Å². The molecule has 0 radical (unpaired) electrons. The van der Waals surface area contributed by atoms with E-state index in [4.69, 9.17) is 28.4 Å². The zero-order valence-corrected chi connectivity index (χ0v) is 31.9. The van der Waals surface area contributed by atoms with Crippen LogP contribution < -0.4 is 28.4 Å². The first-order valence-electron chi connectivity index (χ1n) is 17.1. The number of aromatic carboxylic acids is 3. The maximum atomic E-state index is 13.1. The Bertz CT molecular complexity index is 2760. The van der Waals surface area contributed by atoms with E-state index in [9.17, 15) is 58.5 Å². The molecule has 0 saturated carbocycles. The summed E-state index contributed by atoms with van der Waals surface area (Å²) >= 11 is 0. The smallest absolute Gasteiger partial charge is 0.352 e. The lowest BCUT2D eigenvalue weighted by atomic mass is 9.90. The van der Waals surface area contributed by atoms with Gasteiger partial charge in [-0.2, -0.15) is 0 Å². The quantitative estimate of drug-likeness (QED) is 0.0730. The molecule has 3 aromatic carbocycles. The molecule has 0 unspecified atom stereocenters. The van der Waals surface area contributed by atoms with Crippen LogP contribution in [0, 0.1) is 0 Å². The Morgan fingerprint density at radius 2 is 0.767 bits per heavy atom. The number of carbonyl (C=O) groups is 9. The molecule has 0 saturated heterocycles. The number of hydrogen-bond donors (Lipinski definition) is 6. The van der Waals surface area contributed by atoms with E-state index in [2.05, 4.69) is 15.0 Å². The van der Waals surface area contributed by atoms with Gasteiger partial charge >= 0.3 is 53.7 Å². The lowest BCUT2D eigenvalue weighted by Gasteiger charge is -2.23. The summed E-state index contributed by atoms with van der Waals surface area (Å²) in [6.07, 6.45) is 0. The molecule has 60 heavy (non-hydrogen) atoms. The molecule has 3 heterocycles. The van der Waals surface area contributed by atoms with Crippen molar-refractivity contribution in [1.82, 2.24) is 15.0 Å². The molecular formula is C39H29N3O18. The van der Waals surface area contributed by atoms with Gasteiger partial charge in [0.05, 0.1) is 27.7 Å². The number of carbonyl (C=O) groups excluding carboxylic acids is 6. The van der Waals surface area contributed by atoms with Crippen LogP contribution in [0.25, 0.3) is 55.0 Å². The molecule has 0 aliphatic rings. The highest BCUT2D eigenvalue weighted by atomic mass is 16.6. The van der Waals surface area contributed by atoms with Crippen molar-refractivity contribution in [2.24, 2.45) is 0 Å². The van der Waals surface area contributed by atoms with E-state index in [1.54, 1.807) is 0 Å². The molecule has 0 atom stereocenters. The third-order valence-electron chi connectivity index (χ3n) is 8.36. The average molecular weight is 828 g/mol. The van der Waals surface area contributed by atoms with Gasteiger partial charge in [0.15, 0.2) is 34.5 Å². The van der Waals surface area contributed by atoms with E-state index in [-0.39, 0.29) is 38.3 Å². The highest BCUT2D eigenvalue weighted by Gasteiger charge is 2.36. The molecule has 0 spiro atoms. The molecule has 6 rings (SSSR count). The van der Waals surface area contributed by atoms with E-state index < -0.39 is 122 Å². The molecule has 21 heteroatoms. The summed E-state index contributed by atoms with van der Waals surface area (Å²) in [6, 6.07) is 5.47. The number of nitrogens with one attached hydrogen (secondary N) is 3. The minimum atomic E-state index is -1.60. The van der Waals surface area contributed by atoms with Crippen LogP contribution in [0.1, 0.15) is 73.0 Å². The molecule has 3 aromatic heterocycles. The second-order valence-electron chi connectivity index (χ2n) is 12.8. The third kappa shape index (κ3) is 7.64. The Morgan fingerprint density at radius 3 is 1.27 bits per heavy atom. The highest BCUT2D eigenvalue weighted by molar-refractivity contribution is 6.20. The summed E-state index contributed by atoms with van der Waals surface area (Å²) in [5.41, 5.74) is -3.87. The Morgan fingerprint density at radius 1 is 0.400 bits per heavy atom. The van der Waals surface area contributed by atoms with Crippen LogP contribution in [-0.2, 0) is 28.8 Å². The maximum absolute atomic E-state index is 13.1. The van der Waals surface area contributed by atoms with Gasteiger partial charge in [0.2, 0.25) is 0 Å². The first-order valence-corrected chi connectivity index (χ1v) is 17.1. The van der Waals surface area contributed by atoms with Crippen molar-refractivity contribution in [2.75, 3.05) is 0 Å². The number of carboxylic acids is 3. The normalized spacial score (nSPS) is 11.0. The zero-order chi connectivity index (χ0) is 44.1. The highest BCUT2D eigenvalue weighted by Crippen LogP contribution is 2.59. The number of hydrogen-bond acceptors (Lipinski definition) is 15. The van der Waals surface area contributed by atoms with E-state index in [0.717, 1.165) is 71.9 Å². The number of esters is 6. The van der Waals surface area contributed by atoms with Crippen molar-refractivity contribution in [2.45, 2.75) is 41.5 Å². The summed E-state index contributed by atoms with van der Waals surface area (Å²) in [4.78, 5) is 122. The van der Waals surface area contributed by atoms with E-state index in [1.165, 1.54) is 0 Å². The summed E-state index contributed by atoms with van der Waals surface area (Å²) < 4.78 is 33.5. The van der Waals surface area contributed by atoms with Crippen LogP contribution in [0.3, 0.4) is 0 Å². The molecule has 6 N–H and O–H groups in total. The third-order valence-corrected chi connectivity index (χ3v) is 8.36. The average Bonchev–Trinajstić information content (AvgIpc) is 3.86. The van der Waals surface area contributed by atoms with Crippen molar-refractivity contribution in [3.8, 4) is 56.8 Å². The van der Waals surface area contributed by atoms with Crippen LogP contribution in [0.15, 0.2) is 30.3 Å². The molecule has 0 aliphatic carbocycles. The fourth-order valence-electron chi connectivity index (χ4n) is 6.53. The van der Waals surface area contributed by atoms with Gasteiger partial charge in [-0.1, -0.05) is 0 Å². The molecule has 21 nitrogen and oxygen atoms in total. The van der Waals surface area contributed by atoms with Crippen molar-refractivity contribution < 1.29 is 86.9 Å². The predicted molar refractivity (Wildman–Crippen MR) is 202 cm³/mol. The van der Waals surface area contributed by atoms with Crippen molar-refractivity contribution in [3.05, 3.63) is 47.4 Å². The van der Waals surface area contributed by atoms with Gasteiger partial charge in [0, 0.05) is 74.9 Å². The van der Waals surface area contributed by atoms with Crippen molar-refractivity contribution in [1.29, 1.82) is 0 Å². The number of benzene rings is 3. The monoisotopic (exact) mass is 827 g/mol. The molecule has 0 fully saturated rings. The van der Waals surface area contributed by atoms with Crippen molar-refractivity contribution >= 4 is 86.4 Å². The van der Waals surface area contributed by atoms with Crippen LogP contribution in [0.5, 0.6) is 34.5 Å². The van der Waals surface area contributed by atoms with Gasteiger partial charge in [0.1, 0.15) is 17.1 Å². The van der Waals surface area contributed by atoms with Gasteiger partial charge in [-0.05, 0) is 24.3 Å². The molecule has 308 valence electrons. The zero-order valence-electron chi connectivity index (χ0n) is 31.9. The standard InChI is InChI=1S/C39H29N3O18/c1-12(43)55-25-8-18-7-22(37(49)50)41-31(18)29(34(25)58-15(4)46)30-32-20(10-24(42-32)39(53)54)28(35(59-16(5)47)36(30)60-17(6)48)27-19-9-23(38(51)52)40-21(19)11-26(56-13(2)44)33(27)57-14(3)45/h7-11,40-42H,1-6H3,(H,49,50)(H,51,52)(H,53,54). The Labute approximate surface area is 333 Å². The lowest BCUT2D eigenvalue weighted by Crippen LogP contribution is -2.12. The largest absolute Gasteiger partial charge is 0.477 e. The minimum absolute atomic E-state index is 0.0129. The second-order valence-corrected chi connectivity index (χ2v) is 12.8. The van der Waals surface area contributed by atoms with Crippen LogP contribution >= 0.6 is 0 Å². The molecule has 6 aromatic rings. The van der Waals surface area contributed by atoms with Gasteiger partial charge in [-0.15, -0.1) is 0 Å². The summed E-state index contributed by atoms with van der Waals surface area (Å²) in [5.74, 6) is -14.4. The minimum Gasteiger partial charge on any atom is -0.477 e. The number of fused-ring (bicyclic) bond motifs is 3. The van der Waals surface area contributed by atoms with E-state index >= 15 is 0 Å². The van der Waals surface area contributed by atoms with Crippen LogP contribution in [0.2, 0.25) is 0 Å². The second kappa shape index (κ2) is 15.5. The number of carboxylic acid groups (broad SMARTS) is 3. The summed E-state index contributed by atoms with van der Waals surface area (Å²) in [7, 11) is 0. The lowest BCUT2D eigenvalue weighted by molar-refractivity contribution is -0.134. The topological polar surface area (TPSA) is 317 Å².